The molecule has 1 fully saturated rings. The van der Waals surface area contributed by atoms with E-state index in [1.54, 1.807) is 4.90 Å². The molecule has 2 aliphatic rings. The van der Waals surface area contributed by atoms with Gasteiger partial charge in [0.2, 0.25) is 0 Å². The number of nitrogens with zero attached hydrogens (tertiary/aromatic N) is 3. The molecule has 0 atom stereocenters. The average Bonchev–Trinajstić information content (AvgIpc) is 3.23. The van der Waals surface area contributed by atoms with Crippen molar-refractivity contribution in [2.24, 2.45) is 5.92 Å². The summed E-state index contributed by atoms with van der Waals surface area (Å²) in [6, 6.07) is 9.87. The van der Waals surface area contributed by atoms with Crippen LogP contribution in [0.2, 0.25) is 0 Å². The third kappa shape index (κ3) is 3.16. The molecular weight excluding hydrogens is 332 g/mol. The maximum absolute atomic E-state index is 12.6. The first-order valence-corrected chi connectivity index (χ1v) is 9.01. The van der Waals surface area contributed by atoms with Crippen LogP contribution < -0.4 is 5.32 Å². The van der Waals surface area contributed by atoms with Crippen LogP contribution in [-0.4, -0.2) is 37.8 Å². The summed E-state index contributed by atoms with van der Waals surface area (Å²) in [4.78, 5) is 25.4. The Labute approximate surface area is 151 Å². The Morgan fingerprint density at radius 3 is 2.50 bits per heavy atom. The van der Waals surface area contributed by atoms with Crippen molar-refractivity contribution in [2.45, 2.75) is 44.8 Å². The molecule has 0 radical (unpaired) electrons. The predicted molar refractivity (Wildman–Crippen MR) is 94.7 cm³/mol. The van der Waals surface area contributed by atoms with Crippen LogP contribution in [-0.2, 0) is 17.9 Å². The second kappa shape index (κ2) is 6.82. The van der Waals surface area contributed by atoms with E-state index >= 15 is 0 Å². The average molecular weight is 354 g/mol. The Morgan fingerprint density at radius 2 is 1.81 bits per heavy atom. The van der Waals surface area contributed by atoms with Crippen LogP contribution in [0.5, 0.6) is 0 Å². The highest BCUT2D eigenvalue weighted by atomic mass is 16.4. The van der Waals surface area contributed by atoms with Crippen LogP contribution in [0.1, 0.15) is 36.9 Å². The summed E-state index contributed by atoms with van der Waals surface area (Å²) < 4.78 is 1.89. The summed E-state index contributed by atoms with van der Waals surface area (Å²) in [5.41, 5.74) is 3.10. The van der Waals surface area contributed by atoms with Crippen LogP contribution in [0.3, 0.4) is 0 Å². The minimum absolute atomic E-state index is 0.0624. The fraction of sp³-hybridized carbons (Fsp3) is 0.421. The molecule has 0 saturated heterocycles. The number of aliphatic carboxylic acids is 1. The van der Waals surface area contributed by atoms with Crippen LogP contribution >= 0.6 is 0 Å². The lowest BCUT2D eigenvalue weighted by Crippen LogP contribution is -2.44. The summed E-state index contributed by atoms with van der Waals surface area (Å²) >= 11 is 0. The third-order valence-electron chi connectivity index (χ3n) is 5.35. The standard InChI is InChI=1S/C19H22N4O3/c24-18(25)13-6-8-15(9-7-13)21-19(26)22-11-14-10-20-23(17(14)12-22)16-4-2-1-3-5-16/h1-5,10,13,15H,6-9,11-12H2,(H,21,26)(H,24,25). The number of rotatable bonds is 3. The topological polar surface area (TPSA) is 87.5 Å². The second-order valence-electron chi connectivity index (χ2n) is 7.06. The third-order valence-corrected chi connectivity index (χ3v) is 5.35. The second-order valence-corrected chi connectivity index (χ2v) is 7.06. The van der Waals surface area contributed by atoms with Gasteiger partial charge in [0.05, 0.1) is 36.6 Å². The van der Waals surface area contributed by atoms with Gasteiger partial charge < -0.3 is 15.3 Å². The van der Waals surface area contributed by atoms with Crippen molar-refractivity contribution in [3.05, 3.63) is 47.8 Å². The first-order chi connectivity index (χ1) is 12.6. The van der Waals surface area contributed by atoms with Gasteiger partial charge >= 0.3 is 12.0 Å². The Hall–Kier alpha value is -2.83. The summed E-state index contributed by atoms with van der Waals surface area (Å²) in [6.07, 6.45) is 4.53. The summed E-state index contributed by atoms with van der Waals surface area (Å²) in [6.45, 7) is 1.08. The number of carboxylic acids is 1. The molecule has 2 N–H and O–H groups in total. The van der Waals surface area contributed by atoms with Gasteiger partial charge in [-0.3, -0.25) is 4.79 Å². The zero-order chi connectivity index (χ0) is 18.1. The van der Waals surface area contributed by atoms with Gasteiger partial charge in [-0.15, -0.1) is 0 Å². The van der Waals surface area contributed by atoms with Crippen molar-refractivity contribution in [3.63, 3.8) is 0 Å². The number of amides is 2. The highest BCUT2D eigenvalue weighted by Crippen LogP contribution is 2.27. The number of carbonyl (C=O) groups is 2. The van der Waals surface area contributed by atoms with Gasteiger partial charge in [-0.2, -0.15) is 5.10 Å². The van der Waals surface area contributed by atoms with E-state index in [9.17, 15) is 9.59 Å². The summed E-state index contributed by atoms with van der Waals surface area (Å²) in [5.74, 6) is -0.994. The molecule has 1 aliphatic heterocycles. The largest absolute Gasteiger partial charge is 0.481 e. The quantitative estimate of drug-likeness (QED) is 0.887. The van der Waals surface area contributed by atoms with Crippen LogP contribution in [0.4, 0.5) is 4.79 Å². The number of hydrogen-bond donors (Lipinski definition) is 2. The molecule has 7 heteroatoms. The molecule has 0 spiro atoms. The molecule has 0 bridgehead atoms. The van der Waals surface area contributed by atoms with E-state index in [2.05, 4.69) is 10.4 Å². The Balaban J connectivity index is 1.37. The molecule has 26 heavy (non-hydrogen) atoms. The maximum Gasteiger partial charge on any atom is 0.318 e. The van der Waals surface area contributed by atoms with Crippen molar-refractivity contribution in [3.8, 4) is 5.69 Å². The summed E-state index contributed by atoms with van der Waals surface area (Å²) in [7, 11) is 0. The van der Waals surface area contributed by atoms with Gasteiger partial charge in [-0.25, -0.2) is 9.48 Å². The van der Waals surface area contributed by atoms with Gasteiger partial charge in [-0.05, 0) is 37.8 Å². The number of hydrogen-bond acceptors (Lipinski definition) is 3. The summed E-state index contributed by atoms with van der Waals surface area (Å²) in [5, 5.41) is 16.6. The van der Waals surface area contributed by atoms with Crippen molar-refractivity contribution in [1.29, 1.82) is 0 Å². The van der Waals surface area contributed by atoms with E-state index < -0.39 is 5.97 Å². The molecule has 136 valence electrons. The molecule has 1 aliphatic carbocycles. The Kier molecular flexibility index (Phi) is 4.36. The van der Waals surface area contributed by atoms with Crippen LogP contribution in [0.15, 0.2) is 36.5 Å². The first-order valence-electron chi connectivity index (χ1n) is 9.01. The molecule has 1 saturated carbocycles. The molecule has 4 rings (SSSR count). The molecule has 1 aromatic carbocycles. The Bertz CT molecular complexity index is 809. The molecule has 2 heterocycles. The normalized spacial score (nSPS) is 22.1. The van der Waals surface area contributed by atoms with E-state index in [1.807, 2.05) is 41.2 Å². The van der Waals surface area contributed by atoms with Gasteiger partial charge in [0, 0.05) is 11.6 Å². The van der Waals surface area contributed by atoms with Gasteiger partial charge in [0.25, 0.3) is 0 Å². The van der Waals surface area contributed by atoms with Gasteiger partial charge in [0.1, 0.15) is 0 Å². The van der Waals surface area contributed by atoms with E-state index in [1.165, 1.54) is 0 Å². The number of carboxylic acid groups (broad SMARTS) is 1. The number of para-hydroxylation sites is 1. The van der Waals surface area contributed by atoms with Crippen molar-refractivity contribution in [1.82, 2.24) is 20.0 Å². The maximum atomic E-state index is 12.6. The minimum atomic E-state index is -0.727. The lowest BCUT2D eigenvalue weighted by atomic mass is 9.86. The Morgan fingerprint density at radius 1 is 1.08 bits per heavy atom. The number of benzene rings is 1. The number of urea groups is 1. The van der Waals surface area contributed by atoms with E-state index in [-0.39, 0.29) is 18.0 Å². The molecule has 1 aromatic heterocycles. The zero-order valence-electron chi connectivity index (χ0n) is 14.5. The van der Waals surface area contributed by atoms with Crippen molar-refractivity contribution in [2.75, 3.05) is 0 Å². The highest BCUT2D eigenvalue weighted by Gasteiger charge is 2.31. The van der Waals surface area contributed by atoms with Crippen molar-refractivity contribution >= 4 is 12.0 Å². The van der Waals surface area contributed by atoms with E-state index in [0.717, 1.165) is 29.8 Å². The first kappa shape index (κ1) is 16.6. The highest BCUT2D eigenvalue weighted by molar-refractivity contribution is 5.75. The number of nitrogens with one attached hydrogen (secondary N) is 1. The number of fused-ring (bicyclic) bond motifs is 1. The molecular formula is C19H22N4O3. The predicted octanol–water partition coefficient (Wildman–Crippen LogP) is 2.54. The molecule has 0 unspecified atom stereocenters. The molecule has 2 amide bonds. The SMILES string of the molecule is O=C(O)C1CCC(NC(=O)N2Cc3cnn(-c4ccccc4)c3C2)CC1. The van der Waals surface area contributed by atoms with Gasteiger partial charge in [0.15, 0.2) is 0 Å². The van der Waals surface area contributed by atoms with Gasteiger partial charge in [-0.1, -0.05) is 18.2 Å². The van der Waals surface area contributed by atoms with E-state index in [0.29, 0.717) is 25.9 Å². The smallest absolute Gasteiger partial charge is 0.318 e. The fourth-order valence-corrected chi connectivity index (χ4v) is 3.84. The zero-order valence-corrected chi connectivity index (χ0v) is 14.5. The number of aromatic nitrogens is 2. The fourth-order valence-electron chi connectivity index (χ4n) is 3.84. The van der Waals surface area contributed by atoms with E-state index in [4.69, 9.17) is 5.11 Å². The molecule has 7 nitrogen and oxygen atoms in total. The minimum Gasteiger partial charge on any atom is -0.481 e. The lowest BCUT2D eigenvalue weighted by Gasteiger charge is -2.28. The number of carbonyl (C=O) groups excluding carboxylic acids is 1. The van der Waals surface area contributed by atoms with Crippen LogP contribution in [0.25, 0.3) is 5.69 Å². The lowest BCUT2D eigenvalue weighted by molar-refractivity contribution is -0.142. The molecule has 2 aromatic rings. The van der Waals surface area contributed by atoms with Crippen molar-refractivity contribution < 1.29 is 14.7 Å². The van der Waals surface area contributed by atoms with Crippen LogP contribution in [0, 0.1) is 5.92 Å². The monoisotopic (exact) mass is 354 g/mol.